The van der Waals surface area contributed by atoms with Gasteiger partial charge < -0.3 is 19.9 Å². The summed E-state index contributed by atoms with van der Waals surface area (Å²) in [5.74, 6) is 2.54. The van der Waals surface area contributed by atoms with Crippen molar-refractivity contribution in [2.45, 2.75) is 57.2 Å². The van der Waals surface area contributed by atoms with E-state index >= 15 is 0 Å². The van der Waals surface area contributed by atoms with E-state index in [2.05, 4.69) is 65.5 Å². The summed E-state index contributed by atoms with van der Waals surface area (Å²) in [5.41, 5.74) is 4.15. The van der Waals surface area contributed by atoms with Crippen LogP contribution in [0.25, 0.3) is 0 Å². The van der Waals surface area contributed by atoms with Crippen LogP contribution in [0.4, 0.5) is 29.1 Å². The van der Waals surface area contributed by atoms with Crippen molar-refractivity contribution in [2.24, 2.45) is 4.36 Å². The average Bonchev–Trinajstić information content (AvgIpc) is 3.09. The summed E-state index contributed by atoms with van der Waals surface area (Å²) >= 11 is 0. The van der Waals surface area contributed by atoms with Crippen LogP contribution < -0.4 is 10.2 Å². The molecule has 0 unspecified atom stereocenters. The fraction of sp³-hybridized carbons (Fsp3) is 0.483. The predicted molar refractivity (Wildman–Crippen MR) is 156 cm³/mol. The second kappa shape index (κ2) is 9.25. The van der Waals surface area contributed by atoms with Crippen LogP contribution in [0.2, 0.25) is 0 Å². The quantitative estimate of drug-likeness (QED) is 0.491. The number of hydrogen-bond donors (Lipinski definition) is 1. The van der Waals surface area contributed by atoms with E-state index < -0.39 is 9.73 Å². The van der Waals surface area contributed by atoms with E-state index in [1.54, 1.807) is 18.6 Å². The molecule has 1 N–H and O–H groups in total. The molecule has 9 nitrogen and oxygen atoms in total. The molecule has 1 saturated heterocycles. The highest BCUT2D eigenvalue weighted by Gasteiger charge is 2.55. The van der Waals surface area contributed by atoms with Crippen molar-refractivity contribution in [3.8, 4) is 0 Å². The first-order chi connectivity index (χ1) is 18.4. The van der Waals surface area contributed by atoms with Crippen LogP contribution in [-0.2, 0) is 32.8 Å². The molecule has 0 saturated carbocycles. The Balaban J connectivity index is 1.42. The third-order valence-electron chi connectivity index (χ3n) is 8.05. The maximum absolute atomic E-state index is 12.4. The fourth-order valence-electron chi connectivity index (χ4n) is 5.99. The summed E-state index contributed by atoms with van der Waals surface area (Å²) in [7, 11) is -0.193. The first-order valence-electron chi connectivity index (χ1n) is 13.4. The Kier molecular flexibility index (Phi) is 6.20. The highest BCUT2D eigenvalue weighted by atomic mass is 32.2. The van der Waals surface area contributed by atoms with E-state index in [0.29, 0.717) is 18.4 Å². The molecule has 2 atom stereocenters. The van der Waals surface area contributed by atoms with Gasteiger partial charge in [-0.1, -0.05) is 19.1 Å². The third kappa shape index (κ3) is 5.01. The van der Waals surface area contributed by atoms with Gasteiger partial charge in [0.05, 0.1) is 18.2 Å². The molecule has 3 aliphatic rings. The molecule has 0 bridgehead atoms. The zero-order valence-corrected chi connectivity index (χ0v) is 24.4. The summed E-state index contributed by atoms with van der Waals surface area (Å²) in [5, 5.41) is 3.45. The topological polar surface area (TPSA) is 95.8 Å². The van der Waals surface area contributed by atoms with Crippen molar-refractivity contribution in [3.63, 3.8) is 0 Å². The minimum absolute atomic E-state index is 0.0652. The van der Waals surface area contributed by atoms with Gasteiger partial charge in [-0.3, -0.25) is 0 Å². The number of hydrogen-bond acceptors (Lipinski definition) is 9. The number of fused-ring (bicyclic) bond motifs is 4. The molecule has 2 aromatic heterocycles. The van der Waals surface area contributed by atoms with Gasteiger partial charge >= 0.3 is 0 Å². The summed E-state index contributed by atoms with van der Waals surface area (Å²) < 4.78 is 23.1. The minimum Gasteiger partial charge on any atom is -0.374 e. The number of benzene rings is 1. The van der Waals surface area contributed by atoms with Crippen molar-refractivity contribution >= 4 is 38.8 Å². The third-order valence-corrected chi connectivity index (χ3v) is 8.68. The molecule has 0 spiro atoms. The summed E-state index contributed by atoms with van der Waals surface area (Å²) in [6.45, 7) is 9.06. The van der Waals surface area contributed by atoms with Gasteiger partial charge in [0, 0.05) is 58.2 Å². The Morgan fingerprint density at radius 2 is 1.95 bits per heavy atom. The lowest BCUT2D eigenvalue weighted by atomic mass is 9.73. The van der Waals surface area contributed by atoms with E-state index in [9.17, 15) is 4.21 Å². The van der Waals surface area contributed by atoms with Gasteiger partial charge in [0.25, 0.3) is 0 Å². The Labute approximate surface area is 231 Å². The number of ether oxygens (including phenoxy) is 1. The number of nitrogens with zero attached hydrogens (tertiary/aromatic N) is 6. The van der Waals surface area contributed by atoms with Crippen molar-refractivity contribution in [1.29, 1.82) is 0 Å². The Bertz CT molecular complexity index is 1560. The Morgan fingerprint density at radius 3 is 2.74 bits per heavy atom. The van der Waals surface area contributed by atoms with Crippen LogP contribution >= 0.6 is 0 Å². The molecule has 0 aliphatic carbocycles. The van der Waals surface area contributed by atoms with Crippen molar-refractivity contribution in [1.82, 2.24) is 19.9 Å². The number of likely N-dealkylation sites (N-methyl/N-ethyl adjacent to an activating group) is 1. The Morgan fingerprint density at radius 1 is 1.13 bits per heavy atom. The van der Waals surface area contributed by atoms with Crippen LogP contribution in [0.5, 0.6) is 0 Å². The predicted octanol–water partition coefficient (Wildman–Crippen LogP) is 4.94. The van der Waals surface area contributed by atoms with Crippen LogP contribution in [0.3, 0.4) is 0 Å². The number of pyridine rings is 1. The summed E-state index contributed by atoms with van der Waals surface area (Å²) in [6, 6.07) is 12.3. The lowest BCUT2D eigenvalue weighted by Gasteiger charge is -2.46. The average molecular weight is 548 g/mol. The van der Waals surface area contributed by atoms with Gasteiger partial charge in [-0.25, -0.2) is 14.2 Å². The first-order valence-corrected chi connectivity index (χ1v) is 15.8. The second-order valence-electron chi connectivity index (χ2n) is 12.2. The lowest BCUT2D eigenvalue weighted by molar-refractivity contribution is -0.0893. The maximum Gasteiger partial charge on any atom is 0.229 e. The van der Waals surface area contributed by atoms with Crippen molar-refractivity contribution in [3.05, 3.63) is 59.3 Å². The smallest absolute Gasteiger partial charge is 0.229 e. The van der Waals surface area contributed by atoms with E-state index in [-0.39, 0.29) is 17.1 Å². The largest absolute Gasteiger partial charge is 0.374 e. The van der Waals surface area contributed by atoms with Gasteiger partial charge in [0.15, 0.2) is 5.82 Å². The number of anilines is 4. The minimum atomic E-state index is -2.35. The normalized spacial score (nSPS) is 24.1. The highest BCUT2D eigenvalue weighted by molar-refractivity contribution is 7.92. The van der Waals surface area contributed by atoms with Gasteiger partial charge in [-0.15, -0.1) is 0 Å². The zero-order chi connectivity index (χ0) is 27.6. The molecule has 10 heteroatoms. The number of rotatable bonds is 4. The van der Waals surface area contributed by atoms with Gasteiger partial charge in [0.2, 0.25) is 5.95 Å². The van der Waals surface area contributed by atoms with E-state index in [1.807, 2.05) is 18.3 Å². The summed E-state index contributed by atoms with van der Waals surface area (Å²) in [6.07, 6.45) is 7.04. The molecule has 39 heavy (non-hydrogen) atoms. The van der Waals surface area contributed by atoms with Gasteiger partial charge in [-0.05, 0) is 69.1 Å². The maximum atomic E-state index is 12.4. The van der Waals surface area contributed by atoms with Gasteiger partial charge in [-0.2, -0.15) is 9.35 Å². The first kappa shape index (κ1) is 26.2. The zero-order valence-electron chi connectivity index (χ0n) is 23.6. The Hall–Kier alpha value is -3.08. The molecule has 0 radical (unpaired) electrons. The van der Waals surface area contributed by atoms with Crippen LogP contribution in [-0.4, -0.2) is 68.4 Å². The molecule has 0 amide bonds. The highest BCUT2D eigenvalue weighted by Crippen LogP contribution is 2.53. The van der Waals surface area contributed by atoms with E-state index in [0.717, 1.165) is 48.8 Å². The molecule has 3 aliphatic heterocycles. The van der Waals surface area contributed by atoms with Gasteiger partial charge in [0.1, 0.15) is 11.6 Å². The van der Waals surface area contributed by atoms with E-state index in [1.165, 1.54) is 11.1 Å². The monoisotopic (exact) mass is 547 g/mol. The molecule has 1 fully saturated rings. The van der Waals surface area contributed by atoms with Crippen LogP contribution in [0.1, 0.15) is 43.9 Å². The molecule has 3 aromatic rings. The molecule has 5 heterocycles. The van der Waals surface area contributed by atoms with Crippen molar-refractivity contribution in [2.75, 3.05) is 42.9 Å². The standard InChI is InChI=1S/C29H37N7O2S/c1-28(2)15-23-29(3,18-38-28)22-16-30-27(31-21-11-10-19-12-13-35(4)17-20(19)14-21)33-26(22)36(23)25-9-7-8-24(32-25)34-39(5,6)37/h7-11,14,16,23H,12-13,15,17-18H2,1-6H3,(H,30,31,33)/t23-,29-/m1/s1. The van der Waals surface area contributed by atoms with Crippen LogP contribution in [0.15, 0.2) is 47.0 Å². The fourth-order valence-corrected chi connectivity index (χ4v) is 6.54. The van der Waals surface area contributed by atoms with Crippen molar-refractivity contribution < 1.29 is 8.95 Å². The molecule has 6 rings (SSSR count). The second-order valence-corrected chi connectivity index (χ2v) is 14.8. The molecule has 206 valence electrons. The molecular weight excluding hydrogens is 510 g/mol. The van der Waals surface area contributed by atoms with E-state index in [4.69, 9.17) is 19.7 Å². The lowest BCUT2D eigenvalue weighted by Crippen LogP contribution is -2.54. The molecule has 1 aromatic carbocycles. The molecular formula is C29H37N7O2S. The SMILES string of the molecule is CN1CCc2ccc(Nc3ncc4c(n3)N(c3cccc(N=S(C)(C)=O)n3)[C@@H]3CC(C)(C)OC[C@]43C)cc2C1. The number of nitrogens with one attached hydrogen (secondary N) is 1. The van der Waals surface area contributed by atoms with Crippen LogP contribution in [0, 0.1) is 0 Å². The summed E-state index contributed by atoms with van der Waals surface area (Å²) in [4.78, 5) is 19.2. The number of aromatic nitrogens is 3.